The molecular weight excluding hydrogens is 325 g/mol. The predicted octanol–water partition coefficient (Wildman–Crippen LogP) is 1.88. The third kappa shape index (κ3) is 3.32. The first-order valence-corrected chi connectivity index (χ1v) is 8.34. The summed E-state index contributed by atoms with van der Waals surface area (Å²) < 4.78 is 25.3. The van der Waals surface area contributed by atoms with Crippen molar-refractivity contribution in [2.24, 2.45) is 0 Å². The molecule has 130 valence electrons. The van der Waals surface area contributed by atoms with Gasteiger partial charge >= 0.3 is 0 Å². The van der Waals surface area contributed by atoms with Crippen molar-refractivity contribution in [3.8, 4) is 16.9 Å². The second-order valence-corrected chi connectivity index (χ2v) is 6.26. The first-order valence-electron chi connectivity index (χ1n) is 8.34. The van der Waals surface area contributed by atoms with E-state index in [-0.39, 0.29) is 23.9 Å². The molecule has 6 nitrogen and oxygen atoms in total. The highest BCUT2D eigenvalue weighted by atomic mass is 19.1. The minimum absolute atomic E-state index is 0.111. The van der Waals surface area contributed by atoms with Gasteiger partial charge in [-0.15, -0.1) is 0 Å². The number of carbonyl (C=O) groups excluding carboxylic acids is 1. The molecule has 2 unspecified atom stereocenters. The third-order valence-electron chi connectivity index (χ3n) is 4.46. The smallest absolute Gasteiger partial charge is 0.249 e. The van der Waals surface area contributed by atoms with Gasteiger partial charge in [-0.1, -0.05) is 0 Å². The van der Waals surface area contributed by atoms with Crippen molar-refractivity contribution < 1.29 is 18.7 Å². The standard InChI is InChI=1S/C18H18FN3O3/c19-13-4-11-5-14(9-22-18(23)16-2-1-3-24-16)25-17(11)15(6-13)12-7-20-10-21-8-12/h4,6-8,10,14,16H,1-3,5,9H2,(H,22,23). The molecule has 1 saturated heterocycles. The quantitative estimate of drug-likeness (QED) is 0.918. The molecular formula is C18H18FN3O3. The highest BCUT2D eigenvalue weighted by Gasteiger charge is 2.29. The Balaban J connectivity index is 1.48. The van der Waals surface area contributed by atoms with Crippen LogP contribution in [0.15, 0.2) is 30.9 Å². The van der Waals surface area contributed by atoms with Gasteiger partial charge in [-0.3, -0.25) is 4.79 Å². The number of benzene rings is 1. The summed E-state index contributed by atoms with van der Waals surface area (Å²) in [5.74, 6) is 0.192. The maximum absolute atomic E-state index is 14.0. The second-order valence-electron chi connectivity index (χ2n) is 6.26. The number of halogens is 1. The fourth-order valence-corrected chi connectivity index (χ4v) is 3.27. The number of nitrogens with one attached hydrogen (secondary N) is 1. The number of ether oxygens (including phenoxy) is 2. The summed E-state index contributed by atoms with van der Waals surface area (Å²) in [4.78, 5) is 20.0. The number of nitrogens with zero attached hydrogens (tertiary/aromatic N) is 2. The summed E-state index contributed by atoms with van der Waals surface area (Å²) >= 11 is 0. The molecule has 2 aliphatic heterocycles. The highest BCUT2D eigenvalue weighted by Crippen LogP contribution is 2.39. The van der Waals surface area contributed by atoms with E-state index in [0.29, 0.717) is 36.4 Å². The Hall–Kier alpha value is -2.54. The van der Waals surface area contributed by atoms with Gasteiger partial charge in [0.25, 0.3) is 0 Å². The number of rotatable bonds is 4. The average Bonchev–Trinajstić information content (AvgIpc) is 3.29. The van der Waals surface area contributed by atoms with Gasteiger partial charge in [0, 0.05) is 42.1 Å². The number of amides is 1. The molecule has 1 aromatic heterocycles. The fraction of sp³-hybridized carbons (Fsp3) is 0.389. The van der Waals surface area contributed by atoms with E-state index in [4.69, 9.17) is 9.47 Å². The van der Waals surface area contributed by atoms with E-state index >= 15 is 0 Å². The van der Waals surface area contributed by atoms with Crippen molar-refractivity contribution in [2.45, 2.75) is 31.5 Å². The zero-order valence-corrected chi connectivity index (χ0v) is 13.6. The van der Waals surface area contributed by atoms with Crippen LogP contribution in [0.4, 0.5) is 4.39 Å². The topological polar surface area (TPSA) is 73.3 Å². The summed E-state index contributed by atoms with van der Waals surface area (Å²) in [6.45, 7) is 0.991. The maximum atomic E-state index is 14.0. The molecule has 0 radical (unpaired) electrons. The summed E-state index contributed by atoms with van der Waals surface area (Å²) in [5.41, 5.74) is 2.11. The molecule has 1 amide bonds. The monoisotopic (exact) mass is 343 g/mol. The van der Waals surface area contributed by atoms with E-state index in [1.165, 1.54) is 18.5 Å². The number of fused-ring (bicyclic) bond motifs is 1. The van der Waals surface area contributed by atoms with Crippen LogP contribution >= 0.6 is 0 Å². The minimum Gasteiger partial charge on any atom is -0.487 e. The van der Waals surface area contributed by atoms with Gasteiger partial charge in [-0.25, -0.2) is 14.4 Å². The lowest BCUT2D eigenvalue weighted by atomic mass is 10.0. The van der Waals surface area contributed by atoms with Crippen LogP contribution in [0.2, 0.25) is 0 Å². The Bertz CT molecular complexity index is 779. The van der Waals surface area contributed by atoms with E-state index in [1.54, 1.807) is 12.4 Å². The first-order chi connectivity index (χ1) is 12.2. The molecule has 2 atom stereocenters. The van der Waals surface area contributed by atoms with Crippen molar-refractivity contribution in [3.05, 3.63) is 42.2 Å². The van der Waals surface area contributed by atoms with E-state index in [2.05, 4.69) is 15.3 Å². The van der Waals surface area contributed by atoms with Gasteiger partial charge in [0.1, 0.15) is 30.1 Å². The summed E-state index contributed by atoms with van der Waals surface area (Å²) in [6, 6.07) is 2.90. The van der Waals surface area contributed by atoms with Gasteiger partial charge in [0.15, 0.2) is 0 Å². The van der Waals surface area contributed by atoms with E-state index in [9.17, 15) is 9.18 Å². The normalized spacial score (nSPS) is 21.6. The molecule has 0 spiro atoms. The molecule has 1 fully saturated rings. The Morgan fingerprint density at radius 3 is 2.92 bits per heavy atom. The molecule has 1 aromatic carbocycles. The Labute approximate surface area is 144 Å². The van der Waals surface area contributed by atoms with Gasteiger partial charge in [-0.2, -0.15) is 0 Å². The van der Waals surface area contributed by atoms with E-state index in [0.717, 1.165) is 18.4 Å². The maximum Gasteiger partial charge on any atom is 0.249 e. The van der Waals surface area contributed by atoms with Crippen LogP contribution in [0.1, 0.15) is 18.4 Å². The van der Waals surface area contributed by atoms with Crippen LogP contribution in [0.25, 0.3) is 11.1 Å². The van der Waals surface area contributed by atoms with Crippen molar-refractivity contribution >= 4 is 5.91 Å². The third-order valence-corrected chi connectivity index (χ3v) is 4.46. The SMILES string of the molecule is O=C(NCC1Cc2cc(F)cc(-c3cncnc3)c2O1)C1CCCO1. The van der Waals surface area contributed by atoms with Crippen LogP contribution in [-0.4, -0.2) is 41.2 Å². The van der Waals surface area contributed by atoms with Gasteiger partial charge in [0.05, 0.1) is 6.54 Å². The number of hydrogen-bond acceptors (Lipinski definition) is 5. The lowest BCUT2D eigenvalue weighted by Gasteiger charge is -2.15. The summed E-state index contributed by atoms with van der Waals surface area (Å²) in [5, 5.41) is 2.87. The average molecular weight is 343 g/mol. The van der Waals surface area contributed by atoms with Crippen molar-refractivity contribution in [3.63, 3.8) is 0 Å². The Morgan fingerprint density at radius 1 is 1.32 bits per heavy atom. The molecule has 25 heavy (non-hydrogen) atoms. The largest absolute Gasteiger partial charge is 0.487 e. The molecule has 2 aromatic rings. The molecule has 2 aliphatic rings. The highest BCUT2D eigenvalue weighted by molar-refractivity contribution is 5.81. The van der Waals surface area contributed by atoms with E-state index in [1.807, 2.05) is 0 Å². The Kier molecular flexibility index (Phi) is 4.31. The molecule has 1 N–H and O–H groups in total. The van der Waals surface area contributed by atoms with Crippen molar-refractivity contribution in [1.29, 1.82) is 0 Å². The van der Waals surface area contributed by atoms with Crippen LogP contribution in [0, 0.1) is 5.82 Å². The second kappa shape index (κ2) is 6.76. The lowest BCUT2D eigenvalue weighted by molar-refractivity contribution is -0.130. The molecule has 4 rings (SSSR count). The van der Waals surface area contributed by atoms with E-state index < -0.39 is 0 Å². The zero-order chi connectivity index (χ0) is 17.2. The van der Waals surface area contributed by atoms with Gasteiger partial charge < -0.3 is 14.8 Å². The van der Waals surface area contributed by atoms with Gasteiger partial charge in [0.2, 0.25) is 5.91 Å². The fourth-order valence-electron chi connectivity index (χ4n) is 3.27. The van der Waals surface area contributed by atoms with Crippen LogP contribution in [-0.2, 0) is 16.0 Å². The molecule has 0 aliphatic carbocycles. The summed E-state index contributed by atoms with van der Waals surface area (Å²) in [7, 11) is 0. The van der Waals surface area contributed by atoms with Gasteiger partial charge in [-0.05, 0) is 25.0 Å². The predicted molar refractivity (Wildman–Crippen MR) is 87.5 cm³/mol. The number of aromatic nitrogens is 2. The molecule has 0 bridgehead atoms. The minimum atomic E-state index is -0.363. The zero-order valence-electron chi connectivity index (χ0n) is 13.6. The molecule has 7 heteroatoms. The van der Waals surface area contributed by atoms with Crippen LogP contribution < -0.4 is 10.1 Å². The Morgan fingerprint density at radius 2 is 2.16 bits per heavy atom. The first kappa shape index (κ1) is 16.0. The van der Waals surface area contributed by atoms with Crippen molar-refractivity contribution in [1.82, 2.24) is 15.3 Å². The summed E-state index contributed by atoms with van der Waals surface area (Å²) in [6.07, 6.45) is 6.28. The number of hydrogen-bond donors (Lipinski definition) is 1. The number of carbonyl (C=O) groups is 1. The van der Waals surface area contributed by atoms with Crippen LogP contribution in [0.3, 0.4) is 0 Å². The lowest BCUT2D eigenvalue weighted by Crippen LogP contribution is -2.40. The molecule has 0 saturated carbocycles. The van der Waals surface area contributed by atoms with Crippen LogP contribution in [0.5, 0.6) is 5.75 Å². The van der Waals surface area contributed by atoms with Crippen molar-refractivity contribution in [2.75, 3.05) is 13.2 Å². The molecule has 3 heterocycles.